The standard InChI is InChI=1S/C20H26N4O3/c1-26-16-7-2-5-14(13-16)6-3-11-24-12-4-8-17(24)20-22-18(23-27-20)19(25)21-15-9-10-15/h2,5,7,13,15,17H,3-4,6,8-12H2,1H3,(H,21,25)/t17-/m0/s1. The molecule has 7 heteroatoms. The highest BCUT2D eigenvalue weighted by Gasteiger charge is 2.32. The van der Waals surface area contributed by atoms with Crippen molar-refractivity contribution in [2.45, 2.75) is 50.6 Å². The lowest BCUT2D eigenvalue weighted by Gasteiger charge is -2.21. The summed E-state index contributed by atoms with van der Waals surface area (Å²) in [7, 11) is 1.69. The Bertz CT molecular complexity index is 787. The first-order valence-corrected chi connectivity index (χ1v) is 9.74. The Morgan fingerprint density at radius 1 is 1.37 bits per heavy atom. The molecule has 0 unspecified atom stereocenters. The molecule has 1 aromatic heterocycles. The van der Waals surface area contributed by atoms with Crippen molar-refractivity contribution in [3.05, 3.63) is 41.5 Å². The Labute approximate surface area is 159 Å². The molecule has 2 heterocycles. The fourth-order valence-corrected chi connectivity index (χ4v) is 3.63. The third-order valence-electron chi connectivity index (χ3n) is 5.25. The molecule has 1 N–H and O–H groups in total. The second kappa shape index (κ2) is 8.08. The second-order valence-corrected chi connectivity index (χ2v) is 7.35. The highest BCUT2D eigenvalue weighted by molar-refractivity contribution is 5.90. The van der Waals surface area contributed by atoms with Crippen molar-refractivity contribution < 1.29 is 14.1 Å². The summed E-state index contributed by atoms with van der Waals surface area (Å²) in [5, 5.41) is 6.78. The maximum atomic E-state index is 12.1. The summed E-state index contributed by atoms with van der Waals surface area (Å²) in [6.45, 7) is 1.99. The van der Waals surface area contributed by atoms with E-state index in [0.29, 0.717) is 11.9 Å². The van der Waals surface area contributed by atoms with Gasteiger partial charge in [0.2, 0.25) is 5.89 Å². The van der Waals surface area contributed by atoms with Crippen LogP contribution >= 0.6 is 0 Å². The molecule has 1 amide bonds. The van der Waals surface area contributed by atoms with Gasteiger partial charge in [-0.3, -0.25) is 9.69 Å². The van der Waals surface area contributed by atoms with Gasteiger partial charge in [0.1, 0.15) is 5.75 Å². The molecule has 0 radical (unpaired) electrons. The van der Waals surface area contributed by atoms with Gasteiger partial charge in [0.25, 0.3) is 11.7 Å². The van der Waals surface area contributed by atoms with Gasteiger partial charge in [-0.1, -0.05) is 17.3 Å². The van der Waals surface area contributed by atoms with E-state index in [9.17, 15) is 4.79 Å². The van der Waals surface area contributed by atoms with Crippen LogP contribution in [0.3, 0.4) is 0 Å². The summed E-state index contributed by atoms with van der Waals surface area (Å²) in [5.41, 5.74) is 1.28. The molecule has 2 fully saturated rings. The number of aryl methyl sites for hydroxylation is 1. The fourth-order valence-electron chi connectivity index (χ4n) is 3.63. The molecule has 1 saturated heterocycles. The summed E-state index contributed by atoms with van der Waals surface area (Å²) in [4.78, 5) is 18.8. The Morgan fingerprint density at radius 2 is 2.26 bits per heavy atom. The molecule has 27 heavy (non-hydrogen) atoms. The van der Waals surface area contributed by atoms with Crippen LogP contribution in [0.2, 0.25) is 0 Å². The molecule has 7 nitrogen and oxygen atoms in total. The Balaban J connectivity index is 1.32. The van der Waals surface area contributed by atoms with Gasteiger partial charge in [-0.25, -0.2) is 0 Å². The van der Waals surface area contributed by atoms with E-state index in [1.807, 2.05) is 12.1 Å². The van der Waals surface area contributed by atoms with E-state index in [1.165, 1.54) is 5.56 Å². The Kier molecular flexibility index (Phi) is 5.38. The average Bonchev–Trinajstić information content (AvgIpc) is 3.18. The van der Waals surface area contributed by atoms with Crippen LogP contribution in [0, 0.1) is 0 Å². The zero-order valence-electron chi connectivity index (χ0n) is 15.7. The summed E-state index contributed by atoms with van der Waals surface area (Å²) >= 11 is 0. The fraction of sp³-hybridized carbons (Fsp3) is 0.550. The van der Waals surface area contributed by atoms with Gasteiger partial charge < -0.3 is 14.6 Å². The number of methoxy groups -OCH3 is 1. The molecular weight excluding hydrogens is 344 g/mol. The molecule has 1 aliphatic heterocycles. The van der Waals surface area contributed by atoms with Crippen LogP contribution in [-0.2, 0) is 6.42 Å². The van der Waals surface area contributed by atoms with Crippen molar-refractivity contribution in [2.75, 3.05) is 20.2 Å². The molecule has 1 aliphatic carbocycles. The van der Waals surface area contributed by atoms with Crippen molar-refractivity contribution in [1.82, 2.24) is 20.4 Å². The summed E-state index contributed by atoms with van der Waals surface area (Å²) in [5.74, 6) is 1.39. The number of hydrogen-bond acceptors (Lipinski definition) is 6. The van der Waals surface area contributed by atoms with Gasteiger partial charge in [-0.05, 0) is 69.3 Å². The minimum Gasteiger partial charge on any atom is -0.497 e. The average molecular weight is 370 g/mol. The van der Waals surface area contributed by atoms with Gasteiger partial charge in [0.15, 0.2) is 0 Å². The quantitative estimate of drug-likeness (QED) is 0.770. The van der Waals surface area contributed by atoms with Crippen LogP contribution in [0.25, 0.3) is 0 Å². The molecule has 4 rings (SSSR count). The summed E-state index contributed by atoms with van der Waals surface area (Å²) in [6, 6.07) is 8.62. The van der Waals surface area contributed by atoms with Crippen molar-refractivity contribution in [3.63, 3.8) is 0 Å². The lowest BCUT2D eigenvalue weighted by atomic mass is 10.1. The number of rotatable bonds is 8. The Hall–Kier alpha value is -2.41. The molecule has 0 bridgehead atoms. The lowest BCUT2D eigenvalue weighted by molar-refractivity contribution is 0.0937. The number of benzene rings is 1. The predicted octanol–water partition coefficient (Wildman–Crippen LogP) is 2.74. The van der Waals surface area contributed by atoms with Gasteiger partial charge in [0.05, 0.1) is 13.2 Å². The number of ether oxygens (including phenoxy) is 1. The van der Waals surface area contributed by atoms with Crippen LogP contribution in [0.5, 0.6) is 5.75 Å². The maximum absolute atomic E-state index is 12.1. The van der Waals surface area contributed by atoms with Crippen molar-refractivity contribution in [2.24, 2.45) is 0 Å². The first kappa shape index (κ1) is 18.0. The van der Waals surface area contributed by atoms with Gasteiger partial charge in [-0.15, -0.1) is 0 Å². The van der Waals surface area contributed by atoms with Crippen LogP contribution in [0.1, 0.15) is 60.2 Å². The SMILES string of the molecule is COc1cccc(CCCN2CCC[C@H]2c2nc(C(=O)NC3CC3)no2)c1. The van der Waals surface area contributed by atoms with Crippen LogP contribution < -0.4 is 10.1 Å². The van der Waals surface area contributed by atoms with E-state index in [0.717, 1.165) is 57.4 Å². The van der Waals surface area contributed by atoms with E-state index in [2.05, 4.69) is 32.5 Å². The highest BCUT2D eigenvalue weighted by atomic mass is 16.5. The number of hydrogen-bond donors (Lipinski definition) is 1. The van der Waals surface area contributed by atoms with E-state index < -0.39 is 0 Å². The molecule has 144 valence electrons. The number of nitrogens with one attached hydrogen (secondary N) is 1. The van der Waals surface area contributed by atoms with E-state index in [1.54, 1.807) is 7.11 Å². The van der Waals surface area contributed by atoms with Crippen molar-refractivity contribution in [1.29, 1.82) is 0 Å². The number of carbonyl (C=O) groups excluding carboxylic acids is 1. The second-order valence-electron chi connectivity index (χ2n) is 7.35. The largest absolute Gasteiger partial charge is 0.497 e. The van der Waals surface area contributed by atoms with Gasteiger partial charge in [0, 0.05) is 6.04 Å². The topological polar surface area (TPSA) is 80.5 Å². The third kappa shape index (κ3) is 4.47. The first-order valence-electron chi connectivity index (χ1n) is 9.74. The lowest BCUT2D eigenvalue weighted by Crippen LogP contribution is -2.27. The third-order valence-corrected chi connectivity index (χ3v) is 5.25. The van der Waals surface area contributed by atoms with E-state index >= 15 is 0 Å². The predicted molar refractivity (Wildman–Crippen MR) is 99.6 cm³/mol. The van der Waals surface area contributed by atoms with Crippen LogP contribution in [-0.4, -0.2) is 47.2 Å². The summed E-state index contributed by atoms with van der Waals surface area (Å²) in [6.07, 6.45) is 6.23. The number of carbonyl (C=O) groups is 1. The van der Waals surface area contributed by atoms with Crippen molar-refractivity contribution >= 4 is 5.91 Å². The molecule has 1 saturated carbocycles. The molecule has 0 spiro atoms. The number of amides is 1. The number of nitrogens with zero attached hydrogens (tertiary/aromatic N) is 3. The molecule has 1 aromatic carbocycles. The summed E-state index contributed by atoms with van der Waals surface area (Å²) < 4.78 is 10.7. The van der Waals surface area contributed by atoms with E-state index in [4.69, 9.17) is 9.26 Å². The first-order chi connectivity index (χ1) is 13.2. The molecule has 2 aromatic rings. The molecular formula is C20H26N4O3. The molecule has 2 aliphatic rings. The Morgan fingerprint density at radius 3 is 3.07 bits per heavy atom. The minimum atomic E-state index is -0.227. The van der Waals surface area contributed by atoms with E-state index in [-0.39, 0.29) is 17.8 Å². The minimum absolute atomic E-state index is 0.116. The van der Waals surface area contributed by atoms with Gasteiger partial charge in [-0.2, -0.15) is 4.98 Å². The maximum Gasteiger partial charge on any atom is 0.292 e. The number of aromatic nitrogens is 2. The zero-order chi connectivity index (χ0) is 18.6. The normalized spacial score (nSPS) is 20.0. The molecule has 1 atom stereocenters. The van der Waals surface area contributed by atoms with Gasteiger partial charge >= 0.3 is 0 Å². The van der Waals surface area contributed by atoms with Crippen LogP contribution in [0.15, 0.2) is 28.8 Å². The zero-order valence-corrected chi connectivity index (χ0v) is 15.7. The monoisotopic (exact) mass is 370 g/mol. The van der Waals surface area contributed by atoms with Crippen molar-refractivity contribution in [3.8, 4) is 5.75 Å². The highest BCUT2D eigenvalue weighted by Crippen LogP contribution is 2.31. The smallest absolute Gasteiger partial charge is 0.292 e. The number of likely N-dealkylation sites (tertiary alicyclic amines) is 1. The van der Waals surface area contributed by atoms with Crippen LogP contribution in [0.4, 0.5) is 0 Å².